The molecule has 1 nitrogen and oxygen atoms in total. The number of anilines is 1. The predicted molar refractivity (Wildman–Crippen MR) is 71.7 cm³/mol. The summed E-state index contributed by atoms with van der Waals surface area (Å²) in [6.07, 6.45) is 2.30. The Kier molecular flexibility index (Phi) is 3.14. The molecule has 2 aromatic rings. The molecule has 0 radical (unpaired) electrons. The van der Waals surface area contributed by atoms with Crippen LogP contribution in [0.25, 0.3) is 10.8 Å². The van der Waals surface area contributed by atoms with Crippen LogP contribution in [0.15, 0.2) is 36.4 Å². The van der Waals surface area contributed by atoms with Gasteiger partial charge in [0.15, 0.2) is 0 Å². The van der Waals surface area contributed by atoms with E-state index in [4.69, 9.17) is 5.73 Å². The summed E-state index contributed by atoms with van der Waals surface area (Å²) in [5.41, 5.74) is 8.41. The first-order valence-corrected chi connectivity index (χ1v) is 6.05. The second kappa shape index (κ2) is 4.56. The van der Waals surface area contributed by atoms with E-state index in [1.54, 1.807) is 0 Å². The van der Waals surface area contributed by atoms with Gasteiger partial charge in [-0.2, -0.15) is 0 Å². The van der Waals surface area contributed by atoms with E-state index in [0.717, 1.165) is 18.5 Å². The molecule has 0 saturated heterocycles. The largest absolute Gasteiger partial charge is 0.398 e. The minimum atomic E-state index is 0.575. The number of rotatable bonds is 3. The number of hydrogen-bond acceptors (Lipinski definition) is 1. The standard InChI is InChI=1S/C15H19N/c1-3-11(4-2)15-13-8-6-5-7-12(13)9-10-14(15)16/h5-11H,3-4,16H2,1-2H3. The molecule has 2 aromatic carbocycles. The average Bonchev–Trinajstić information content (AvgIpc) is 2.33. The summed E-state index contributed by atoms with van der Waals surface area (Å²) in [7, 11) is 0. The Balaban J connectivity index is 2.69. The Bertz CT molecular complexity index is 484. The van der Waals surface area contributed by atoms with Crippen LogP contribution >= 0.6 is 0 Å². The number of hydrogen-bond donors (Lipinski definition) is 1. The molecular formula is C15H19N. The van der Waals surface area contributed by atoms with E-state index in [2.05, 4.69) is 44.2 Å². The second-order valence-corrected chi connectivity index (χ2v) is 4.30. The fourth-order valence-electron chi connectivity index (χ4n) is 2.47. The fraction of sp³-hybridized carbons (Fsp3) is 0.333. The van der Waals surface area contributed by atoms with Crippen molar-refractivity contribution >= 4 is 16.5 Å². The van der Waals surface area contributed by atoms with Gasteiger partial charge in [0.25, 0.3) is 0 Å². The van der Waals surface area contributed by atoms with Crippen molar-refractivity contribution in [2.24, 2.45) is 0 Å². The monoisotopic (exact) mass is 213 g/mol. The highest BCUT2D eigenvalue weighted by molar-refractivity contribution is 5.90. The van der Waals surface area contributed by atoms with Crippen molar-refractivity contribution in [2.75, 3.05) is 5.73 Å². The van der Waals surface area contributed by atoms with Gasteiger partial charge in [-0.3, -0.25) is 0 Å². The van der Waals surface area contributed by atoms with Crippen molar-refractivity contribution in [1.29, 1.82) is 0 Å². The third-order valence-corrected chi connectivity index (χ3v) is 3.40. The summed E-state index contributed by atoms with van der Waals surface area (Å²) >= 11 is 0. The van der Waals surface area contributed by atoms with Gasteiger partial charge in [-0.15, -0.1) is 0 Å². The molecule has 84 valence electrons. The van der Waals surface area contributed by atoms with Gasteiger partial charge in [0, 0.05) is 5.69 Å². The molecule has 1 heteroatoms. The van der Waals surface area contributed by atoms with Crippen LogP contribution in [0.3, 0.4) is 0 Å². The molecule has 2 rings (SSSR count). The lowest BCUT2D eigenvalue weighted by molar-refractivity contribution is 0.648. The first-order valence-electron chi connectivity index (χ1n) is 6.05. The summed E-state index contributed by atoms with van der Waals surface area (Å²) in [6, 6.07) is 12.6. The SMILES string of the molecule is CCC(CC)c1c(N)ccc2ccccc12. The van der Waals surface area contributed by atoms with E-state index in [9.17, 15) is 0 Å². The Morgan fingerprint density at radius 2 is 1.69 bits per heavy atom. The van der Waals surface area contributed by atoms with Gasteiger partial charge < -0.3 is 5.73 Å². The van der Waals surface area contributed by atoms with Crippen molar-refractivity contribution < 1.29 is 0 Å². The Hall–Kier alpha value is -1.50. The zero-order valence-corrected chi connectivity index (χ0v) is 10.0. The Labute approximate surface area is 97.3 Å². The molecule has 0 aromatic heterocycles. The molecule has 0 atom stereocenters. The van der Waals surface area contributed by atoms with E-state index in [1.807, 2.05) is 6.07 Å². The molecule has 0 aliphatic rings. The van der Waals surface area contributed by atoms with Crippen LogP contribution < -0.4 is 5.73 Å². The molecule has 0 aliphatic heterocycles. The van der Waals surface area contributed by atoms with Crippen molar-refractivity contribution in [3.63, 3.8) is 0 Å². The summed E-state index contributed by atoms with van der Waals surface area (Å²) in [5, 5.41) is 2.61. The van der Waals surface area contributed by atoms with Gasteiger partial charge in [0.2, 0.25) is 0 Å². The third kappa shape index (κ3) is 1.78. The van der Waals surface area contributed by atoms with E-state index in [-0.39, 0.29) is 0 Å². The maximum Gasteiger partial charge on any atom is 0.0355 e. The lowest BCUT2D eigenvalue weighted by Crippen LogP contribution is -2.02. The topological polar surface area (TPSA) is 26.0 Å². The van der Waals surface area contributed by atoms with Gasteiger partial charge in [-0.1, -0.05) is 44.2 Å². The predicted octanol–water partition coefficient (Wildman–Crippen LogP) is 4.33. The minimum Gasteiger partial charge on any atom is -0.398 e. The summed E-state index contributed by atoms with van der Waals surface area (Å²) < 4.78 is 0. The minimum absolute atomic E-state index is 0.575. The van der Waals surface area contributed by atoms with Gasteiger partial charge in [0.05, 0.1) is 0 Å². The van der Waals surface area contributed by atoms with E-state index < -0.39 is 0 Å². The number of nitrogen functional groups attached to an aromatic ring is 1. The van der Waals surface area contributed by atoms with Crippen LogP contribution in [0, 0.1) is 0 Å². The molecule has 0 unspecified atom stereocenters. The van der Waals surface area contributed by atoms with Gasteiger partial charge >= 0.3 is 0 Å². The number of fused-ring (bicyclic) bond motifs is 1. The highest BCUT2D eigenvalue weighted by Crippen LogP contribution is 2.34. The van der Waals surface area contributed by atoms with Crippen LogP contribution in [0.4, 0.5) is 5.69 Å². The van der Waals surface area contributed by atoms with Crippen LogP contribution in [0.2, 0.25) is 0 Å². The van der Waals surface area contributed by atoms with Gasteiger partial charge in [-0.25, -0.2) is 0 Å². The third-order valence-electron chi connectivity index (χ3n) is 3.40. The molecule has 0 amide bonds. The summed E-state index contributed by atoms with van der Waals surface area (Å²) in [4.78, 5) is 0. The molecule has 2 N–H and O–H groups in total. The normalized spacial score (nSPS) is 11.2. The first kappa shape index (κ1) is 11.0. The quantitative estimate of drug-likeness (QED) is 0.755. The maximum atomic E-state index is 6.14. The summed E-state index contributed by atoms with van der Waals surface area (Å²) in [5.74, 6) is 0.575. The van der Waals surface area contributed by atoms with Crippen LogP contribution in [0.1, 0.15) is 38.2 Å². The molecule has 0 fully saturated rings. The molecule has 0 heterocycles. The smallest absolute Gasteiger partial charge is 0.0355 e. The maximum absolute atomic E-state index is 6.14. The van der Waals surface area contributed by atoms with Gasteiger partial charge in [-0.05, 0) is 41.2 Å². The van der Waals surface area contributed by atoms with Crippen molar-refractivity contribution in [1.82, 2.24) is 0 Å². The Morgan fingerprint density at radius 3 is 2.38 bits per heavy atom. The molecule has 0 bridgehead atoms. The molecule has 0 saturated carbocycles. The zero-order chi connectivity index (χ0) is 11.5. The molecule has 0 aliphatic carbocycles. The lowest BCUT2D eigenvalue weighted by atomic mass is 9.88. The van der Waals surface area contributed by atoms with Crippen LogP contribution in [-0.4, -0.2) is 0 Å². The summed E-state index contributed by atoms with van der Waals surface area (Å²) in [6.45, 7) is 4.46. The second-order valence-electron chi connectivity index (χ2n) is 4.30. The average molecular weight is 213 g/mol. The van der Waals surface area contributed by atoms with Crippen molar-refractivity contribution in [3.05, 3.63) is 42.0 Å². The van der Waals surface area contributed by atoms with E-state index >= 15 is 0 Å². The zero-order valence-electron chi connectivity index (χ0n) is 10.0. The fourth-order valence-corrected chi connectivity index (χ4v) is 2.47. The Morgan fingerprint density at radius 1 is 1.00 bits per heavy atom. The number of nitrogens with two attached hydrogens (primary N) is 1. The van der Waals surface area contributed by atoms with Gasteiger partial charge in [0.1, 0.15) is 0 Å². The van der Waals surface area contributed by atoms with Crippen LogP contribution in [-0.2, 0) is 0 Å². The first-order chi connectivity index (χ1) is 7.77. The van der Waals surface area contributed by atoms with E-state index in [0.29, 0.717) is 5.92 Å². The molecule has 16 heavy (non-hydrogen) atoms. The van der Waals surface area contributed by atoms with Crippen molar-refractivity contribution in [3.8, 4) is 0 Å². The number of benzene rings is 2. The molecule has 0 spiro atoms. The highest BCUT2D eigenvalue weighted by Gasteiger charge is 2.13. The lowest BCUT2D eigenvalue weighted by Gasteiger charge is -2.18. The molecular weight excluding hydrogens is 194 g/mol. The van der Waals surface area contributed by atoms with Crippen LogP contribution in [0.5, 0.6) is 0 Å². The van der Waals surface area contributed by atoms with Crippen molar-refractivity contribution in [2.45, 2.75) is 32.6 Å². The highest BCUT2D eigenvalue weighted by atomic mass is 14.6. The van der Waals surface area contributed by atoms with E-state index in [1.165, 1.54) is 16.3 Å².